The second kappa shape index (κ2) is 13.2. The minimum absolute atomic E-state index is 0.0965. The summed E-state index contributed by atoms with van der Waals surface area (Å²) in [5.41, 5.74) is 7.29. The molecule has 2 amide bonds. The number of carbonyl (C=O) groups is 2. The highest BCUT2D eigenvalue weighted by Crippen LogP contribution is 2.24. The molecule has 0 unspecified atom stereocenters. The standard InChI is InChI=1S/C19H24N4O2S.C5H12N2S/c1-4-12(3)21-19-20-10-16(26-19)18(25)23-15-9-13(6-5-11(15)2)17(24)22-14-7-8-14;1-3-4(2)7-5(6)8/h5-6,9-10,12,14H,4,7-8H2,1-3H3,(H,20,21)(H,22,24)(H,23,25);4H,3H2,1-2H3,(H3,6,7,8)/t12-;4-/m00/s1. The van der Waals surface area contributed by atoms with Crippen LogP contribution in [0.25, 0.3) is 0 Å². The van der Waals surface area contributed by atoms with Crippen LogP contribution in [0, 0.1) is 6.92 Å². The molecule has 0 bridgehead atoms. The zero-order chi connectivity index (χ0) is 25.3. The highest BCUT2D eigenvalue weighted by atomic mass is 32.1. The average Bonchev–Trinajstić information content (AvgIpc) is 3.49. The molecule has 0 saturated heterocycles. The highest BCUT2D eigenvalue weighted by molar-refractivity contribution is 7.80. The van der Waals surface area contributed by atoms with E-state index in [1.807, 2.05) is 19.9 Å². The lowest BCUT2D eigenvalue weighted by atomic mass is 10.1. The Hall–Kier alpha value is -2.72. The quantitative estimate of drug-likeness (QED) is 0.320. The van der Waals surface area contributed by atoms with Crippen molar-refractivity contribution in [1.82, 2.24) is 15.6 Å². The number of thiocarbonyl (C=S) groups is 1. The number of amides is 2. The minimum Gasteiger partial charge on any atom is -0.376 e. The van der Waals surface area contributed by atoms with E-state index in [1.165, 1.54) is 11.3 Å². The first-order chi connectivity index (χ1) is 16.1. The lowest BCUT2D eigenvalue weighted by molar-refractivity contribution is 0.0949. The fourth-order valence-electron chi connectivity index (χ4n) is 2.68. The number of aromatic nitrogens is 1. The fraction of sp³-hybridized carbons (Fsp3) is 0.500. The SMILES string of the molecule is CC[C@H](C)NC(N)=S.CC[C@H](C)Nc1ncc(C(=O)Nc2cc(C(=O)NC3CC3)ccc2C)s1. The number of anilines is 2. The third kappa shape index (κ3) is 9.26. The van der Waals surface area contributed by atoms with Crippen LogP contribution >= 0.6 is 23.6 Å². The Kier molecular flexibility index (Phi) is 10.7. The van der Waals surface area contributed by atoms with Crippen molar-refractivity contribution in [3.63, 3.8) is 0 Å². The molecule has 0 aliphatic heterocycles. The number of carbonyl (C=O) groups excluding carboxylic acids is 2. The van der Waals surface area contributed by atoms with Gasteiger partial charge in [0, 0.05) is 29.4 Å². The van der Waals surface area contributed by atoms with Gasteiger partial charge in [-0.25, -0.2) is 4.98 Å². The fourth-order valence-corrected chi connectivity index (χ4v) is 3.71. The largest absolute Gasteiger partial charge is 0.376 e. The smallest absolute Gasteiger partial charge is 0.267 e. The average molecular weight is 505 g/mol. The van der Waals surface area contributed by atoms with Crippen LogP contribution in [0.3, 0.4) is 0 Å². The van der Waals surface area contributed by atoms with Crippen molar-refractivity contribution in [3.05, 3.63) is 40.4 Å². The third-order valence-corrected chi connectivity index (χ3v) is 6.42. The summed E-state index contributed by atoms with van der Waals surface area (Å²) >= 11 is 5.93. The molecule has 1 heterocycles. The van der Waals surface area contributed by atoms with E-state index in [4.69, 9.17) is 5.73 Å². The molecule has 1 aromatic heterocycles. The van der Waals surface area contributed by atoms with Crippen molar-refractivity contribution in [2.24, 2.45) is 5.73 Å². The molecule has 186 valence electrons. The van der Waals surface area contributed by atoms with Crippen LogP contribution in [0.1, 0.15) is 79.0 Å². The number of thiazole rings is 1. The van der Waals surface area contributed by atoms with E-state index in [0.29, 0.717) is 39.4 Å². The summed E-state index contributed by atoms with van der Waals surface area (Å²) in [6, 6.07) is 6.37. The molecule has 1 saturated carbocycles. The minimum atomic E-state index is -0.220. The maximum atomic E-state index is 12.5. The Bertz CT molecular complexity index is 990. The van der Waals surface area contributed by atoms with Crippen LogP contribution < -0.4 is 27.0 Å². The highest BCUT2D eigenvalue weighted by Gasteiger charge is 2.24. The number of rotatable bonds is 9. The van der Waals surface area contributed by atoms with Crippen LogP contribution in [0.15, 0.2) is 24.4 Å². The molecule has 10 heteroatoms. The number of nitrogens with two attached hydrogens (primary N) is 1. The predicted octanol–water partition coefficient (Wildman–Crippen LogP) is 4.42. The van der Waals surface area contributed by atoms with Gasteiger partial charge in [0.05, 0.1) is 6.20 Å². The lowest BCUT2D eigenvalue weighted by Crippen LogP contribution is -2.35. The molecule has 0 radical (unpaired) electrons. The summed E-state index contributed by atoms with van der Waals surface area (Å²) in [6.45, 7) is 10.2. The first kappa shape index (κ1) is 27.5. The van der Waals surface area contributed by atoms with Crippen LogP contribution in [-0.2, 0) is 0 Å². The molecule has 2 atom stereocenters. The van der Waals surface area contributed by atoms with Gasteiger partial charge in [-0.2, -0.15) is 0 Å². The number of nitrogens with zero attached hydrogens (tertiary/aromatic N) is 1. The van der Waals surface area contributed by atoms with E-state index in [9.17, 15) is 9.59 Å². The molecule has 2 aromatic rings. The van der Waals surface area contributed by atoms with Gasteiger partial charge in [-0.3, -0.25) is 9.59 Å². The maximum Gasteiger partial charge on any atom is 0.267 e. The van der Waals surface area contributed by atoms with Gasteiger partial charge in [0.15, 0.2) is 10.2 Å². The van der Waals surface area contributed by atoms with E-state index >= 15 is 0 Å². The van der Waals surface area contributed by atoms with Crippen LogP contribution in [-0.4, -0.2) is 40.0 Å². The van der Waals surface area contributed by atoms with Gasteiger partial charge in [-0.1, -0.05) is 31.3 Å². The first-order valence-corrected chi connectivity index (χ1v) is 12.9. The second-order valence-electron chi connectivity index (χ2n) is 8.53. The van der Waals surface area contributed by atoms with Crippen molar-refractivity contribution in [2.75, 3.05) is 10.6 Å². The number of hydrogen-bond donors (Lipinski definition) is 5. The molecule has 6 N–H and O–H groups in total. The Labute approximate surface area is 211 Å². The summed E-state index contributed by atoms with van der Waals surface area (Å²) in [7, 11) is 0. The van der Waals surface area contributed by atoms with Crippen molar-refractivity contribution in [1.29, 1.82) is 0 Å². The van der Waals surface area contributed by atoms with E-state index in [-0.39, 0.29) is 11.8 Å². The molecule has 3 rings (SSSR count). The predicted molar refractivity (Wildman–Crippen MR) is 145 cm³/mol. The van der Waals surface area contributed by atoms with Crippen molar-refractivity contribution in [2.45, 2.75) is 78.4 Å². The summed E-state index contributed by atoms with van der Waals surface area (Å²) in [5.74, 6) is -0.316. The molecule has 1 aromatic carbocycles. The lowest BCUT2D eigenvalue weighted by Gasteiger charge is -2.10. The van der Waals surface area contributed by atoms with E-state index in [1.54, 1.807) is 18.3 Å². The number of nitrogens with one attached hydrogen (secondary N) is 4. The van der Waals surface area contributed by atoms with Gasteiger partial charge in [-0.15, -0.1) is 0 Å². The number of hydrogen-bond acceptors (Lipinski definition) is 6. The van der Waals surface area contributed by atoms with Crippen LogP contribution in [0.4, 0.5) is 10.8 Å². The monoisotopic (exact) mass is 504 g/mol. The third-order valence-electron chi connectivity index (χ3n) is 5.37. The zero-order valence-electron chi connectivity index (χ0n) is 20.5. The normalized spacial score (nSPS) is 14.1. The van der Waals surface area contributed by atoms with Crippen LogP contribution in [0.5, 0.6) is 0 Å². The maximum absolute atomic E-state index is 12.5. The zero-order valence-corrected chi connectivity index (χ0v) is 22.2. The van der Waals surface area contributed by atoms with E-state index in [0.717, 1.165) is 36.4 Å². The Morgan fingerprint density at radius 3 is 2.41 bits per heavy atom. The van der Waals surface area contributed by atoms with E-state index in [2.05, 4.69) is 59.2 Å². The summed E-state index contributed by atoms with van der Waals surface area (Å²) < 4.78 is 0. The van der Waals surface area contributed by atoms with E-state index < -0.39 is 0 Å². The molecule has 8 nitrogen and oxygen atoms in total. The first-order valence-electron chi connectivity index (χ1n) is 11.6. The molecule has 1 fully saturated rings. The summed E-state index contributed by atoms with van der Waals surface area (Å²) in [4.78, 5) is 29.5. The molecule has 1 aliphatic rings. The molecular weight excluding hydrogens is 468 g/mol. The second-order valence-corrected chi connectivity index (χ2v) is 10.0. The molecule has 34 heavy (non-hydrogen) atoms. The van der Waals surface area contributed by atoms with Crippen molar-refractivity contribution in [3.8, 4) is 0 Å². The van der Waals surface area contributed by atoms with Crippen molar-refractivity contribution < 1.29 is 9.59 Å². The van der Waals surface area contributed by atoms with Gasteiger partial charge in [0.2, 0.25) is 0 Å². The summed E-state index contributed by atoms with van der Waals surface area (Å²) in [5, 5.41) is 13.1. The number of benzene rings is 1. The Morgan fingerprint density at radius 2 is 1.85 bits per heavy atom. The Balaban J connectivity index is 0.000000440. The summed E-state index contributed by atoms with van der Waals surface area (Å²) in [6.07, 6.45) is 5.69. The van der Waals surface area contributed by atoms with Crippen LogP contribution in [0.2, 0.25) is 0 Å². The topological polar surface area (TPSA) is 121 Å². The van der Waals surface area contributed by atoms with Crippen molar-refractivity contribution >= 4 is 51.3 Å². The van der Waals surface area contributed by atoms with Gasteiger partial charge < -0.3 is 27.0 Å². The van der Waals surface area contributed by atoms with Gasteiger partial charge in [0.1, 0.15) is 4.88 Å². The molecular formula is C24H36N6O2S2. The Morgan fingerprint density at radius 1 is 1.18 bits per heavy atom. The van der Waals surface area contributed by atoms with Gasteiger partial charge in [-0.05, 0) is 76.4 Å². The van der Waals surface area contributed by atoms with Gasteiger partial charge >= 0.3 is 0 Å². The van der Waals surface area contributed by atoms with Gasteiger partial charge in [0.25, 0.3) is 11.8 Å². The number of aryl methyl sites for hydroxylation is 1. The molecule has 0 spiro atoms. The molecule has 1 aliphatic carbocycles.